The van der Waals surface area contributed by atoms with Crippen LogP contribution in [0.1, 0.15) is 23.2 Å². The van der Waals surface area contributed by atoms with Crippen molar-refractivity contribution in [2.45, 2.75) is 12.8 Å². The van der Waals surface area contributed by atoms with Gasteiger partial charge in [-0.25, -0.2) is 0 Å². The van der Waals surface area contributed by atoms with Gasteiger partial charge in [0.25, 0.3) is 5.91 Å². The van der Waals surface area contributed by atoms with Gasteiger partial charge >= 0.3 is 0 Å². The second-order valence-electron chi connectivity index (χ2n) is 5.34. The summed E-state index contributed by atoms with van der Waals surface area (Å²) in [6.45, 7) is 2.64. The molecule has 9 heteroatoms. The molecule has 2 N–H and O–H groups in total. The Hall–Kier alpha value is -1.70. The zero-order valence-electron chi connectivity index (χ0n) is 12.4. The molecule has 1 aromatic heterocycles. The number of hydrogen-bond acceptors (Lipinski definition) is 5. The van der Waals surface area contributed by atoms with Crippen LogP contribution in [0.5, 0.6) is 0 Å². The van der Waals surface area contributed by atoms with Gasteiger partial charge in [-0.05, 0) is 60.5 Å². The predicted octanol–water partition coefficient (Wildman–Crippen LogP) is 1.47. The maximum atomic E-state index is 12.5. The van der Waals surface area contributed by atoms with E-state index in [1.165, 1.54) is 11.0 Å². The molecule has 1 fully saturated rings. The van der Waals surface area contributed by atoms with Crippen LogP contribution in [0.3, 0.4) is 0 Å². The largest absolute Gasteiger partial charge is 0.352 e. The highest BCUT2D eigenvalue weighted by atomic mass is 35.5. The highest BCUT2D eigenvalue weighted by molar-refractivity contribution is 6.31. The van der Waals surface area contributed by atoms with E-state index < -0.39 is 0 Å². The fraction of sp³-hybridized carbons (Fsp3) is 0.429. The number of carbonyl (C=O) groups is 1. The molecule has 1 aliphatic heterocycles. The van der Waals surface area contributed by atoms with Crippen molar-refractivity contribution < 1.29 is 4.79 Å². The molecular formula is C14H18Cl2N6O. The number of benzene rings is 1. The van der Waals surface area contributed by atoms with E-state index in [9.17, 15) is 4.79 Å². The molecule has 7 nitrogen and oxygen atoms in total. The summed E-state index contributed by atoms with van der Waals surface area (Å²) in [5.74, 6) is 0.298. The summed E-state index contributed by atoms with van der Waals surface area (Å²) in [4.78, 5) is 12.5. The van der Waals surface area contributed by atoms with E-state index in [1.54, 1.807) is 18.2 Å². The van der Waals surface area contributed by atoms with Gasteiger partial charge in [0.15, 0.2) is 0 Å². The normalized spacial score (nSPS) is 17.3. The van der Waals surface area contributed by atoms with Crippen molar-refractivity contribution in [1.29, 1.82) is 0 Å². The van der Waals surface area contributed by atoms with E-state index in [2.05, 4.69) is 26.2 Å². The Kier molecular flexibility index (Phi) is 6.32. The lowest BCUT2D eigenvalue weighted by Gasteiger charge is -2.23. The Morgan fingerprint density at radius 1 is 1.48 bits per heavy atom. The van der Waals surface area contributed by atoms with Gasteiger partial charge in [0.1, 0.15) is 6.33 Å². The molecule has 3 rings (SSSR count). The molecule has 1 unspecified atom stereocenters. The summed E-state index contributed by atoms with van der Waals surface area (Å²) in [5, 5.41) is 17.9. The lowest BCUT2D eigenvalue weighted by Crippen LogP contribution is -2.38. The second kappa shape index (κ2) is 8.24. The van der Waals surface area contributed by atoms with Crippen LogP contribution in [-0.2, 0) is 0 Å². The molecular weight excluding hydrogens is 339 g/mol. The molecule has 124 valence electrons. The van der Waals surface area contributed by atoms with Crippen LogP contribution in [0.25, 0.3) is 5.69 Å². The summed E-state index contributed by atoms with van der Waals surface area (Å²) >= 11 is 6.02. The first-order valence-corrected chi connectivity index (χ1v) is 7.63. The molecule has 0 aliphatic carbocycles. The Morgan fingerprint density at radius 3 is 3.04 bits per heavy atom. The van der Waals surface area contributed by atoms with Gasteiger partial charge < -0.3 is 10.6 Å². The fourth-order valence-electron chi connectivity index (χ4n) is 2.59. The van der Waals surface area contributed by atoms with Crippen LogP contribution >= 0.6 is 24.0 Å². The Bertz CT molecular complexity index is 643. The highest BCUT2D eigenvalue weighted by Crippen LogP contribution is 2.19. The first-order valence-electron chi connectivity index (χ1n) is 7.26. The minimum absolute atomic E-state index is 0. The van der Waals surface area contributed by atoms with Crippen LogP contribution in [0.15, 0.2) is 24.5 Å². The lowest BCUT2D eigenvalue weighted by atomic mass is 9.99. The Balaban J connectivity index is 0.00000192. The predicted molar refractivity (Wildman–Crippen MR) is 89.3 cm³/mol. The minimum Gasteiger partial charge on any atom is -0.352 e. The van der Waals surface area contributed by atoms with Gasteiger partial charge in [-0.3, -0.25) is 4.79 Å². The highest BCUT2D eigenvalue weighted by Gasteiger charge is 2.17. The van der Waals surface area contributed by atoms with Crippen molar-refractivity contribution in [3.63, 3.8) is 0 Å². The van der Waals surface area contributed by atoms with Crippen molar-refractivity contribution in [1.82, 2.24) is 30.8 Å². The fourth-order valence-corrected chi connectivity index (χ4v) is 2.76. The number of carbonyl (C=O) groups excluding carboxylic acids is 1. The van der Waals surface area contributed by atoms with E-state index in [4.69, 9.17) is 11.6 Å². The van der Waals surface area contributed by atoms with Gasteiger partial charge in [0.05, 0.1) is 11.3 Å². The van der Waals surface area contributed by atoms with Crippen molar-refractivity contribution in [2.75, 3.05) is 19.6 Å². The smallest absolute Gasteiger partial charge is 0.253 e. The molecule has 23 heavy (non-hydrogen) atoms. The number of aromatic nitrogens is 4. The van der Waals surface area contributed by atoms with E-state index in [1.807, 2.05) is 0 Å². The van der Waals surface area contributed by atoms with Crippen molar-refractivity contribution in [3.8, 4) is 5.69 Å². The van der Waals surface area contributed by atoms with Gasteiger partial charge in [-0.1, -0.05) is 11.6 Å². The third kappa shape index (κ3) is 4.40. The molecule has 1 atom stereocenters. The molecule has 0 bridgehead atoms. The zero-order chi connectivity index (χ0) is 15.4. The standard InChI is InChI=1S/C14H17ClN6O.ClH/c15-11-3-4-13(21-9-18-19-20-21)12(6-11)14(22)17-8-10-2-1-5-16-7-10;/h3-4,6,9-10,16H,1-2,5,7-8H2,(H,17,22);1H. The van der Waals surface area contributed by atoms with Crippen LogP contribution in [-0.4, -0.2) is 45.7 Å². The molecule has 1 aromatic carbocycles. The molecule has 1 amide bonds. The molecule has 2 aromatic rings. The van der Waals surface area contributed by atoms with E-state index in [0.29, 0.717) is 28.7 Å². The summed E-state index contributed by atoms with van der Waals surface area (Å²) in [6, 6.07) is 5.07. The van der Waals surface area contributed by atoms with Crippen molar-refractivity contribution >= 4 is 29.9 Å². The van der Waals surface area contributed by atoms with Crippen LogP contribution in [0.2, 0.25) is 5.02 Å². The monoisotopic (exact) mass is 356 g/mol. The van der Waals surface area contributed by atoms with Gasteiger partial charge in [-0.15, -0.1) is 17.5 Å². The summed E-state index contributed by atoms with van der Waals surface area (Å²) < 4.78 is 1.45. The minimum atomic E-state index is -0.168. The number of halogens is 2. The van der Waals surface area contributed by atoms with Gasteiger partial charge in [0, 0.05) is 11.6 Å². The average Bonchev–Trinajstić information content (AvgIpc) is 3.08. The first kappa shape index (κ1) is 17.7. The molecule has 0 spiro atoms. The van der Waals surface area contributed by atoms with E-state index in [-0.39, 0.29) is 18.3 Å². The van der Waals surface area contributed by atoms with Gasteiger partial charge in [-0.2, -0.15) is 4.68 Å². The Morgan fingerprint density at radius 2 is 2.35 bits per heavy atom. The maximum absolute atomic E-state index is 12.5. The number of nitrogens with one attached hydrogen (secondary N) is 2. The third-order valence-corrected chi connectivity index (χ3v) is 3.98. The topological polar surface area (TPSA) is 84.7 Å². The van der Waals surface area contributed by atoms with Gasteiger partial charge in [0.2, 0.25) is 0 Å². The van der Waals surface area contributed by atoms with Crippen LogP contribution in [0, 0.1) is 5.92 Å². The number of amides is 1. The average molecular weight is 357 g/mol. The lowest BCUT2D eigenvalue weighted by molar-refractivity contribution is 0.0944. The zero-order valence-corrected chi connectivity index (χ0v) is 14.0. The summed E-state index contributed by atoms with van der Waals surface area (Å²) in [7, 11) is 0. The molecule has 0 saturated carbocycles. The third-order valence-electron chi connectivity index (χ3n) is 3.75. The molecule has 1 aliphatic rings. The number of rotatable bonds is 4. The SMILES string of the molecule is Cl.O=C(NCC1CCCNC1)c1cc(Cl)ccc1-n1cnnn1. The van der Waals surface area contributed by atoms with Crippen LogP contribution < -0.4 is 10.6 Å². The number of hydrogen-bond donors (Lipinski definition) is 2. The van der Waals surface area contributed by atoms with Crippen molar-refractivity contribution in [2.24, 2.45) is 5.92 Å². The maximum Gasteiger partial charge on any atom is 0.253 e. The first-order chi connectivity index (χ1) is 10.7. The molecule has 2 heterocycles. The number of piperidine rings is 1. The van der Waals surface area contributed by atoms with Crippen molar-refractivity contribution in [3.05, 3.63) is 35.1 Å². The second-order valence-corrected chi connectivity index (χ2v) is 5.77. The van der Waals surface area contributed by atoms with E-state index >= 15 is 0 Å². The number of nitrogens with zero attached hydrogens (tertiary/aromatic N) is 4. The summed E-state index contributed by atoms with van der Waals surface area (Å²) in [5.41, 5.74) is 1.07. The number of tetrazole rings is 1. The summed E-state index contributed by atoms with van der Waals surface area (Å²) in [6.07, 6.45) is 3.72. The van der Waals surface area contributed by atoms with Crippen LogP contribution in [0.4, 0.5) is 0 Å². The molecule has 1 saturated heterocycles. The quantitative estimate of drug-likeness (QED) is 0.866. The molecule has 0 radical (unpaired) electrons. The Labute approximate surface area is 145 Å². The van der Waals surface area contributed by atoms with E-state index in [0.717, 1.165) is 25.9 Å².